The molecule has 1 amide bonds. The first-order chi connectivity index (χ1) is 16.4. The van der Waals surface area contributed by atoms with E-state index in [1.54, 1.807) is 18.0 Å². The van der Waals surface area contributed by atoms with Crippen molar-refractivity contribution in [1.82, 2.24) is 25.2 Å². The number of nitriles is 1. The zero-order valence-electron chi connectivity index (χ0n) is 19.4. The summed E-state index contributed by atoms with van der Waals surface area (Å²) in [7, 11) is 1.82. The summed E-state index contributed by atoms with van der Waals surface area (Å²) in [6.45, 7) is 4.57. The fourth-order valence-electron chi connectivity index (χ4n) is 4.03. The minimum absolute atomic E-state index is 0.125. The first kappa shape index (κ1) is 23.4. The molecule has 0 bridgehead atoms. The number of aliphatic hydroxyl groups is 1. The van der Waals surface area contributed by atoms with E-state index in [0.717, 1.165) is 17.7 Å². The van der Waals surface area contributed by atoms with Gasteiger partial charge < -0.3 is 20.3 Å². The molecule has 10 heteroatoms. The van der Waals surface area contributed by atoms with E-state index < -0.39 is 12.3 Å². The van der Waals surface area contributed by atoms with Crippen LogP contribution in [0.25, 0.3) is 11.2 Å². The molecular formula is C24H28N8O2. The molecule has 4 rings (SSSR count). The number of benzene rings is 1. The number of aromatic nitrogens is 3. The van der Waals surface area contributed by atoms with Gasteiger partial charge >= 0.3 is 0 Å². The van der Waals surface area contributed by atoms with E-state index in [1.165, 1.54) is 6.20 Å². The Morgan fingerprint density at radius 1 is 1.44 bits per heavy atom. The Bertz CT molecular complexity index is 1270. The fourth-order valence-corrected chi connectivity index (χ4v) is 4.03. The number of H-pyrrole nitrogens is 1. The second-order valence-corrected chi connectivity index (χ2v) is 8.42. The number of nitrogens with zero attached hydrogens (tertiary/aromatic N) is 4. The number of hydrogen-bond donors (Lipinski definition) is 5. The van der Waals surface area contributed by atoms with Crippen molar-refractivity contribution in [2.24, 2.45) is 5.92 Å². The standard InChI is InChI=1S/C24H28N8O2/c1-4-14-5-6-16(18(7-14)27-3)20(26)19-10-29-22-21(31-19)17(9-28-22)23(33)30-13(2)24(34)32-11-15(8-25)12-32/h5-7,9-10,13,15,23,26-27,30,33H,4,11-12H2,1-3H3,(H,28,29). The lowest BCUT2D eigenvalue weighted by Crippen LogP contribution is -2.55. The molecule has 1 aliphatic rings. The van der Waals surface area contributed by atoms with Gasteiger partial charge in [0.05, 0.1) is 29.9 Å². The molecule has 0 radical (unpaired) electrons. The highest BCUT2D eigenvalue weighted by Gasteiger charge is 2.33. The number of likely N-dealkylation sites (tertiary alicyclic amines) is 1. The largest absolute Gasteiger partial charge is 0.388 e. The third-order valence-electron chi connectivity index (χ3n) is 6.15. The molecule has 34 heavy (non-hydrogen) atoms. The highest BCUT2D eigenvalue weighted by Crippen LogP contribution is 2.24. The van der Waals surface area contributed by atoms with E-state index in [0.29, 0.717) is 41.1 Å². The number of hydrogen-bond acceptors (Lipinski definition) is 8. The van der Waals surface area contributed by atoms with Crippen molar-refractivity contribution in [2.45, 2.75) is 32.5 Å². The van der Waals surface area contributed by atoms with E-state index in [4.69, 9.17) is 10.7 Å². The third kappa shape index (κ3) is 4.35. The normalized spacial score (nSPS) is 15.4. The number of nitrogens with one attached hydrogen (secondary N) is 4. The van der Waals surface area contributed by atoms with E-state index in [1.807, 2.05) is 25.2 Å². The van der Waals surface area contributed by atoms with Crippen LogP contribution in [-0.4, -0.2) is 62.8 Å². The lowest BCUT2D eigenvalue weighted by Gasteiger charge is -2.37. The Morgan fingerprint density at radius 2 is 2.21 bits per heavy atom. The van der Waals surface area contributed by atoms with Gasteiger partial charge in [0.2, 0.25) is 5.91 Å². The van der Waals surface area contributed by atoms with Gasteiger partial charge in [0.25, 0.3) is 0 Å². The second-order valence-electron chi connectivity index (χ2n) is 8.42. The molecule has 0 spiro atoms. The van der Waals surface area contributed by atoms with Crippen molar-refractivity contribution in [1.29, 1.82) is 10.7 Å². The van der Waals surface area contributed by atoms with E-state index in [2.05, 4.69) is 38.6 Å². The lowest BCUT2D eigenvalue weighted by atomic mass is 10.0. The first-order valence-electron chi connectivity index (χ1n) is 11.2. The molecule has 0 saturated carbocycles. The topological polar surface area (TPSA) is 154 Å². The van der Waals surface area contributed by atoms with Crippen molar-refractivity contribution in [3.05, 3.63) is 53.0 Å². The highest BCUT2D eigenvalue weighted by atomic mass is 16.3. The SMILES string of the molecule is CCc1ccc(C(=N)c2cnc3[nH]cc(C(O)NC(C)C(=O)N4CC(C#N)C4)c3n2)c(NC)c1. The molecule has 1 saturated heterocycles. The number of carbonyl (C=O) groups is 1. The summed E-state index contributed by atoms with van der Waals surface area (Å²) >= 11 is 0. The van der Waals surface area contributed by atoms with Crippen molar-refractivity contribution in [3.63, 3.8) is 0 Å². The van der Waals surface area contributed by atoms with E-state index in [-0.39, 0.29) is 17.5 Å². The van der Waals surface area contributed by atoms with E-state index >= 15 is 0 Å². The van der Waals surface area contributed by atoms with Crippen LogP contribution in [0.5, 0.6) is 0 Å². The number of aryl methyl sites for hydroxylation is 1. The van der Waals surface area contributed by atoms with Gasteiger partial charge in [0.1, 0.15) is 17.4 Å². The number of anilines is 1. The predicted molar refractivity (Wildman–Crippen MR) is 128 cm³/mol. The predicted octanol–water partition coefficient (Wildman–Crippen LogP) is 1.93. The van der Waals surface area contributed by atoms with Crippen LogP contribution in [0.1, 0.15) is 42.5 Å². The van der Waals surface area contributed by atoms with Crippen molar-refractivity contribution < 1.29 is 9.90 Å². The maximum atomic E-state index is 12.5. The Balaban J connectivity index is 1.55. The van der Waals surface area contributed by atoms with Crippen LogP contribution in [0.2, 0.25) is 0 Å². The van der Waals surface area contributed by atoms with Gasteiger partial charge in [-0.3, -0.25) is 15.5 Å². The maximum absolute atomic E-state index is 12.5. The van der Waals surface area contributed by atoms with Gasteiger partial charge in [-0.25, -0.2) is 9.97 Å². The summed E-state index contributed by atoms with van der Waals surface area (Å²) in [5.74, 6) is -0.297. The van der Waals surface area contributed by atoms with Crippen LogP contribution in [0.15, 0.2) is 30.6 Å². The Kier molecular flexibility index (Phi) is 6.58. The van der Waals surface area contributed by atoms with Crippen LogP contribution in [0, 0.1) is 22.7 Å². The Hall–Kier alpha value is -3.81. The summed E-state index contributed by atoms with van der Waals surface area (Å²) in [5, 5.41) is 34.5. The number of aromatic amines is 1. The monoisotopic (exact) mass is 460 g/mol. The van der Waals surface area contributed by atoms with Crippen LogP contribution in [0.3, 0.4) is 0 Å². The molecule has 2 atom stereocenters. The molecule has 1 aliphatic heterocycles. The smallest absolute Gasteiger partial charge is 0.239 e. The van der Waals surface area contributed by atoms with Crippen LogP contribution < -0.4 is 10.6 Å². The maximum Gasteiger partial charge on any atom is 0.239 e. The second kappa shape index (κ2) is 9.59. The van der Waals surface area contributed by atoms with Crippen molar-refractivity contribution in [2.75, 3.05) is 25.5 Å². The summed E-state index contributed by atoms with van der Waals surface area (Å²) in [6, 6.07) is 7.39. The quantitative estimate of drug-likeness (QED) is 0.254. The minimum Gasteiger partial charge on any atom is -0.388 e. The summed E-state index contributed by atoms with van der Waals surface area (Å²) in [5.41, 5.74) is 4.61. The third-order valence-corrected chi connectivity index (χ3v) is 6.15. The number of amides is 1. The molecule has 10 nitrogen and oxygen atoms in total. The number of aliphatic hydroxyl groups excluding tert-OH is 1. The molecule has 176 valence electrons. The molecule has 0 aliphatic carbocycles. The summed E-state index contributed by atoms with van der Waals surface area (Å²) in [4.78, 5) is 26.1. The summed E-state index contributed by atoms with van der Waals surface area (Å²) < 4.78 is 0. The minimum atomic E-state index is -1.17. The van der Waals surface area contributed by atoms with Crippen LogP contribution in [-0.2, 0) is 11.2 Å². The van der Waals surface area contributed by atoms with Crippen LogP contribution >= 0.6 is 0 Å². The average Bonchev–Trinajstić information content (AvgIpc) is 3.25. The first-order valence-corrected chi connectivity index (χ1v) is 11.2. The molecule has 2 unspecified atom stereocenters. The molecule has 3 heterocycles. The van der Waals surface area contributed by atoms with Gasteiger partial charge in [0.15, 0.2) is 5.65 Å². The van der Waals surface area contributed by atoms with E-state index in [9.17, 15) is 9.90 Å². The highest BCUT2D eigenvalue weighted by molar-refractivity contribution is 6.13. The van der Waals surface area contributed by atoms with Crippen molar-refractivity contribution >= 4 is 28.5 Å². The lowest BCUT2D eigenvalue weighted by molar-refractivity contribution is -0.139. The van der Waals surface area contributed by atoms with Gasteiger partial charge in [-0.1, -0.05) is 19.1 Å². The molecule has 5 N–H and O–H groups in total. The molecular weight excluding hydrogens is 432 g/mol. The zero-order valence-corrected chi connectivity index (χ0v) is 19.4. The molecule has 1 fully saturated rings. The number of carbonyl (C=O) groups excluding carboxylic acids is 1. The van der Waals surface area contributed by atoms with Crippen LogP contribution in [0.4, 0.5) is 5.69 Å². The fraction of sp³-hybridized carbons (Fsp3) is 0.375. The molecule has 2 aromatic heterocycles. The Morgan fingerprint density at radius 3 is 2.88 bits per heavy atom. The van der Waals surface area contributed by atoms with Gasteiger partial charge in [-0.2, -0.15) is 5.26 Å². The molecule has 1 aromatic carbocycles. The van der Waals surface area contributed by atoms with Gasteiger partial charge in [-0.15, -0.1) is 0 Å². The Labute approximate surface area is 197 Å². The summed E-state index contributed by atoms with van der Waals surface area (Å²) in [6.07, 6.45) is 2.84. The zero-order chi connectivity index (χ0) is 24.4. The average molecular weight is 461 g/mol. The van der Waals surface area contributed by atoms with Gasteiger partial charge in [-0.05, 0) is 25.0 Å². The number of rotatable bonds is 8. The van der Waals surface area contributed by atoms with Crippen molar-refractivity contribution in [3.8, 4) is 6.07 Å². The number of fused-ring (bicyclic) bond motifs is 1. The molecule has 3 aromatic rings. The van der Waals surface area contributed by atoms with Gasteiger partial charge in [0, 0.05) is 43.1 Å².